The van der Waals surface area contributed by atoms with E-state index in [9.17, 15) is 8.78 Å². The third-order valence-corrected chi connectivity index (χ3v) is 4.00. The second-order valence-corrected chi connectivity index (χ2v) is 5.47. The third kappa shape index (κ3) is 2.67. The van der Waals surface area contributed by atoms with Crippen molar-refractivity contribution < 1.29 is 18.3 Å². The maximum atomic E-state index is 13.7. The van der Waals surface area contributed by atoms with Gasteiger partial charge in [-0.05, 0) is 12.1 Å². The molecule has 114 valence electrons. The van der Waals surface area contributed by atoms with Gasteiger partial charge in [-0.25, -0.2) is 13.8 Å². The molecule has 0 aliphatic heterocycles. The molecule has 0 amide bonds. The van der Waals surface area contributed by atoms with Crippen LogP contribution in [0, 0.1) is 11.6 Å². The quantitative estimate of drug-likeness (QED) is 0.776. The van der Waals surface area contributed by atoms with Crippen LogP contribution in [0.3, 0.4) is 0 Å². The van der Waals surface area contributed by atoms with Crippen molar-refractivity contribution in [3.8, 4) is 11.5 Å². The predicted octanol–water partition coefficient (Wildman–Crippen LogP) is 4.34. The zero-order valence-corrected chi connectivity index (χ0v) is 12.6. The number of methoxy groups -OCH3 is 2. The first-order valence-corrected chi connectivity index (χ1v) is 7.17. The highest BCUT2D eigenvalue weighted by Gasteiger charge is 2.12. The Balaban J connectivity index is 1.98. The molecule has 0 saturated heterocycles. The lowest BCUT2D eigenvalue weighted by Crippen LogP contribution is -1.93. The summed E-state index contributed by atoms with van der Waals surface area (Å²) in [5, 5.41) is 3.34. The van der Waals surface area contributed by atoms with Crippen LogP contribution in [0.4, 0.5) is 19.6 Å². The summed E-state index contributed by atoms with van der Waals surface area (Å²) in [6.07, 6.45) is 0. The van der Waals surface area contributed by atoms with Crippen molar-refractivity contribution in [1.29, 1.82) is 0 Å². The van der Waals surface area contributed by atoms with E-state index in [0.29, 0.717) is 22.1 Å². The summed E-state index contributed by atoms with van der Waals surface area (Å²) in [6.45, 7) is 0. The van der Waals surface area contributed by atoms with Gasteiger partial charge >= 0.3 is 0 Å². The molecule has 0 saturated carbocycles. The van der Waals surface area contributed by atoms with Crippen molar-refractivity contribution in [2.24, 2.45) is 0 Å². The Hall–Kier alpha value is -2.41. The van der Waals surface area contributed by atoms with E-state index in [2.05, 4.69) is 10.3 Å². The first-order valence-electron chi connectivity index (χ1n) is 6.35. The number of nitrogens with one attached hydrogen (secondary N) is 1. The highest BCUT2D eigenvalue weighted by atomic mass is 32.1. The van der Waals surface area contributed by atoms with Crippen molar-refractivity contribution >= 4 is 32.4 Å². The van der Waals surface area contributed by atoms with Gasteiger partial charge in [0.25, 0.3) is 0 Å². The molecule has 0 bridgehead atoms. The number of nitrogens with zero attached hydrogens (tertiary/aromatic N) is 1. The number of benzene rings is 2. The van der Waals surface area contributed by atoms with E-state index >= 15 is 0 Å². The molecule has 0 radical (unpaired) electrons. The Bertz CT molecular complexity index is 795. The minimum atomic E-state index is -0.672. The number of aromatic nitrogens is 1. The van der Waals surface area contributed by atoms with E-state index in [1.807, 2.05) is 0 Å². The van der Waals surface area contributed by atoms with Crippen molar-refractivity contribution in [2.75, 3.05) is 19.5 Å². The van der Waals surface area contributed by atoms with Gasteiger partial charge in [-0.3, -0.25) is 0 Å². The van der Waals surface area contributed by atoms with Crippen LogP contribution in [0.1, 0.15) is 0 Å². The van der Waals surface area contributed by atoms with E-state index in [-0.39, 0.29) is 5.69 Å². The fraction of sp³-hybridized carbons (Fsp3) is 0.133. The topological polar surface area (TPSA) is 43.4 Å². The number of hydrogen-bond acceptors (Lipinski definition) is 5. The minimum absolute atomic E-state index is 0.166. The zero-order chi connectivity index (χ0) is 15.7. The van der Waals surface area contributed by atoms with Crippen LogP contribution in [0.2, 0.25) is 0 Å². The maximum Gasteiger partial charge on any atom is 0.188 e. The Labute approximate surface area is 129 Å². The summed E-state index contributed by atoms with van der Waals surface area (Å²) in [5.74, 6) is -0.130. The molecular formula is C15H12F2N2O2S. The third-order valence-electron chi connectivity index (χ3n) is 3.07. The molecule has 0 aliphatic rings. The van der Waals surface area contributed by atoms with E-state index in [4.69, 9.17) is 9.47 Å². The van der Waals surface area contributed by atoms with Crippen molar-refractivity contribution in [3.63, 3.8) is 0 Å². The van der Waals surface area contributed by atoms with Gasteiger partial charge in [0.2, 0.25) is 0 Å². The minimum Gasteiger partial charge on any atom is -0.493 e. The second-order valence-electron chi connectivity index (χ2n) is 4.44. The highest BCUT2D eigenvalue weighted by molar-refractivity contribution is 7.22. The Morgan fingerprint density at radius 2 is 1.77 bits per heavy atom. The largest absolute Gasteiger partial charge is 0.493 e. The number of fused-ring (bicyclic) bond motifs is 1. The molecule has 1 N–H and O–H groups in total. The lowest BCUT2D eigenvalue weighted by molar-refractivity contribution is 0.356. The second kappa shape index (κ2) is 5.76. The molecule has 0 aliphatic carbocycles. The van der Waals surface area contributed by atoms with Crippen LogP contribution in [-0.4, -0.2) is 19.2 Å². The fourth-order valence-electron chi connectivity index (χ4n) is 2.01. The lowest BCUT2D eigenvalue weighted by Gasteiger charge is -2.05. The lowest BCUT2D eigenvalue weighted by atomic mass is 10.3. The van der Waals surface area contributed by atoms with Crippen LogP contribution in [0.5, 0.6) is 11.5 Å². The number of ether oxygens (including phenoxy) is 2. The number of thiazole rings is 1. The molecule has 1 heterocycles. The molecule has 3 rings (SSSR count). The van der Waals surface area contributed by atoms with Crippen molar-refractivity contribution in [2.45, 2.75) is 0 Å². The van der Waals surface area contributed by atoms with Gasteiger partial charge in [-0.15, -0.1) is 0 Å². The van der Waals surface area contributed by atoms with Crippen LogP contribution in [-0.2, 0) is 0 Å². The molecule has 7 heteroatoms. The standard InChI is InChI=1S/C15H12F2N2O2S/c1-20-12-6-11-14(7-13(12)21-2)22-15(19-11)18-10-4-3-8(16)5-9(10)17/h3-7H,1-2H3,(H,18,19). The SMILES string of the molecule is COc1cc2nc(Nc3ccc(F)cc3F)sc2cc1OC. The van der Waals surface area contributed by atoms with Crippen LogP contribution in [0.15, 0.2) is 30.3 Å². The summed E-state index contributed by atoms with van der Waals surface area (Å²) in [5.41, 5.74) is 0.868. The number of rotatable bonds is 4. The first kappa shape index (κ1) is 14.5. The molecule has 1 aromatic heterocycles. The van der Waals surface area contributed by atoms with Gasteiger partial charge in [-0.2, -0.15) is 0 Å². The molecule has 2 aromatic carbocycles. The van der Waals surface area contributed by atoms with Crippen LogP contribution < -0.4 is 14.8 Å². The normalized spacial score (nSPS) is 10.7. The van der Waals surface area contributed by atoms with Gasteiger partial charge in [0.1, 0.15) is 11.6 Å². The van der Waals surface area contributed by atoms with Gasteiger partial charge < -0.3 is 14.8 Å². The molecule has 3 aromatic rings. The monoisotopic (exact) mass is 322 g/mol. The maximum absolute atomic E-state index is 13.7. The fourth-order valence-corrected chi connectivity index (χ4v) is 2.90. The van der Waals surface area contributed by atoms with Gasteiger partial charge in [0.05, 0.1) is 30.1 Å². The molecule has 0 spiro atoms. The number of anilines is 2. The molecule has 0 atom stereocenters. The zero-order valence-electron chi connectivity index (χ0n) is 11.8. The van der Waals surface area contributed by atoms with E-state index in [1.54, 1.807) is 26.4 Å². The highest BCUT2D eigenvalue weighted by Crippen LogP contribution is 2.37. The van der Waals surface area contributed by atoms with E-state index in [0.717, 1.165) is 10.8 Å². The Morgan fingerprint density at radius 1 is 1.05 bits per heavy atom. The average molecular weight is 322 g/mol. The van der Waals surface area contributed by atoms with E-state index < -0.39 is 11.6 Å². The summed E-state index contributed by atoms with van der Waals surface area (Å²) < 4.78 is 37.9. The van der Waals surface area contributed by atoms with Gasteiger partial charge in [0, 0.05) is 18.2 Å². The predicted molar refractivity (Wildman–Crippen MR) is 82.4 cm³/mol. The van der Waals surface area contributed by atoms with Crippen molar-refractivity contribution in [1.82, 2.24) is 4.98 Å². The molecule has 0 fully saturated rings. The summed E-state index contributed by atoms with van der Waals surface area (Å²) in [7, 11) is 3.10. The summed E-state index contributed by atoms with van der Waals surface area (Å²) >= 11 is 1.34. The van der Waals surface area contributed by atoms with Crippen molar-refractivity contribution in [3.05, 3.63) is 42.0 Å². The Morgan fingerprint density at radius 3 is 2.45 bits per heavy atom. The molecule has 4 nitrogen and oxygen atoms in total. The van der Waals surface area contributed by atoms with E-state index in [1.165, 1.54) is 23.5 Å². The first-order chi connectivity index (χ1) is 10.6. The molecule has 22 heavy (non-hydrogen) atoms. The number of hydrogen-bond donors (Lipinski definition) is 1. The Kier molecular flexibility index (Phi) is 3.81. The average Bonchev–Trinajstić information content (AvgIpc) is 2.89. The van der Waals surface area contributed by atoms with Gasteiger partial charge in [0.15, 0.2) is 16.6 Å². The molecular weight excluding hydrogens is 310 g/mol. The number of halogens is 2. The van der Waals surface area contributed by atoms with Gasteiger partial charge in [-0.1, -0.05) is 11.3 Å². The molecule has 0 unspecified atom stereocenters. The van der Waals surface area contributed by atoms with Crippen LogP contribution in [0.25, 0.3) is 10.2 Å². The smallest absolute Gasteiger partial charge is 0.188 e. The summed E-state index contributed by atoms with van der Waals surface area (Å²) in [4.78, 5) is 4.37. The van der Waals surface area contributed by atoms with Crippen LogP contribution >= 0.6 is 11.3 Å². The summed E-state index contributed by atoms with van der Waals surface area (Å²) in [6, 6.07) is 6.89.